The molecule has 30 heavy (non-hydrogen) atoms. The molecule has 0 aliphatic carbocycles. The third-order valence-electron chi connectivity index (χ3n) is 6.28. The Morgan fingerprint density at radius 2 is 1.57 bits per heavy atom. The van der Waals surface area contributed by atoms with Crippen molar-refractivity contribution in [1.29, 1.82) is 0 Å². The van der Waals surface area contributed by atoms with Crippen LogP contribution in [0.3, 0.4) is 0 Å². The van der Waals surface area contributed by atoms with Gasteiger partial charge in [0.1, 0.15) is 0 Å². The summed E-state index contributed by atoms with van der Waals surface area (Å²) >= 11 is 0. The standard InChI is InChI=1S/C22H24N4O3S/c1-24-21(27)19-9-5-6-10-20(19)23-22(24)25-11-17-13-26(14-18(17)12-25)30(28,29)15-16-7-3-2-4-8-16/h2-10,17-18H,11-15H2,1H3. The van der Waals surface area contributed by atoms with Crippen LogP contribution in [0.4, 0.5) is 5.95 Å². The van der Waals surface area contributed by atoms with Crippen molar-refractivity contribution in [2.45, 2.75) is 5.75 Å². The van der Waals surface area contributed by atoms with E-state index in [1.165, 1.54) is 0 Å². The minimum atomic E-state index is -3.34. The average molecular weight is 425 g/mol. The number of fused-ring (bicyclic) bond motifs is 2. The van der Waals surface area contributed by atoms with E-state index in [2.05, 4.69) is 4.90 Å². The van der Waals surface area contributed by atoms with Gasteiger partial charge < -0.3 is 4.90 Å². The monoisotopic (exact) mass is 424 g/mol. The van der Waals surface area contributed by atoms with Gasteiger partial charge in [-0.1, -0.05) is 42.5 Å². The number of hydrogen-bond donors (Lipinski definition) is 0. The summed E-state index contributed by atoms with van der Waals surface area (Å²) in [6, 6.07) is 16.7. The Labute approximate surface area is 175 Å². The number of para-hydroxylation sites is 1. The van der Waals surface area contributed by atoms with E-state index in [1.54, 1.807) is 22.0 Å². The Morgan fingerprint density at radius 1 is 0.933 bits per heavy atom. The van der Waals surface area contributed by atoms with E-state index < -0.39 is 10.0 Å². The molecule has 0 amide bonds. The lowest BCUT2D eigenvalue weighted by atomic mass is 10.0. The molecule has 8 heteroatoms. The second kappa shape index (κ2) is 7.21. The summed E-state index contributed by atoms with van der Waals surface area (Å²) in [4.78, 5) is 19.6. The van der Waals surface area contributed by atoms with E-state index in [4.69, 9.17) is 4.98 Å². The number of benzene rings is 2. The molecular formula is C22H24N4O3S. The lowest BCUT2D eigenvalue weighted by Crippen LogP contribution is -2.36. The summed E-state index contributed by atoms with van der Waals surface area (Å²) in [6.45, 7) is 2.47. The van der Waals surface area contributed by atoms with Crippen LogP contribution in [0.25, 0.3) is 10.9 Å². The smallest absolute Gasteiger partial charge is 0.262 e. The Hall–Kier alpha value is -2.71. The van der Waals surface area contributed by atoms with Gasteiger partial charge in [-0.3, -0.25) is 9.36 Å². The first-order valence-corrected chi connectivity index (χ1v) is 11.8. The maximum atomic E-state index is 12.9. The third-order valence-corrected chi connectivity index (χ3v) is 8.06. The summed E-state index contributed by atoms with van der Waals surface area (Å²) in [7, 11) is -1.59. The molecule has 1 aromatic heterocycles. The fourth-order valence-corrected chi connectivity index (χ4v) is 6.34. The molecule has 2 fully saturated rings. The van der Waals surface area contributed by atoms with E-state index in [-0.39, 0.29) is 23.1 Å². The number of nitrogens with zero attached hydrogens (tertiary/aromatic N) is 4. The summed E-state index contributed by atoms with van der Waals surface area (Å²) in [5.41, 5.74) is 1.45. The van der Waals surface area contributed by atoms with Crippen LogP contribution in [-0.2, 0) is 22.8 Å². The Morgan fingerprint density at radius 3 is 2.27 bits per heavy atom. The predicted molar refractivity (Wildman–Crippen MR) is 117 cm³/mol. The van der Waals surface area contributed by atoms with Crippen LogP contribution in [0.1, 0.15) is 5.56 Å². The van der Waals surface area contributed by atoms with Gasteiger partial charge in [0, 0.05) is 33.2 Å². The minimum absolute atomic E-state index is 0.0394. The van der Waals surface area contributed by atoms with Crippen molar-refractivity contribution in [3.8, 4) is 0 Å². The van der Waals surface area contributed by atoms with Crippen LogP contribution in [0.5, 0.6) is 0 Å². The molecule has 2 aromatic carbocycles. The highest BCUT2D eigenvalue weighted by atomic mass is 32.2. The molecule has 0 bridgehead atoms. The number of rotatable bonds is 4. The van der Waals surface area contributed by atoms with Crippen molar-refractivity contribution < 1.29 is 8.42 Å². The van der Waals surface area contributed by atoms with Crippen molar-refractivity contribution in [3.05, 3.63) is 70.5 Å². The number of hydrogen-bond acceptors (Lipinski definition) is 5. The molecule has 3 aromatic rings. The zero-order chi connectivity index (χ0) is 20.9. The SMILES string of the molecule is Cn1c(N2CC3CN(S(=O)(=O)Cc4ccccc4)CC3C2)nc2ccccc2c1=O. The second-order valence-electron chi connectivity index (χ2n) is 8.28. The van der Waals surface area contributed by atoms with Gasteiger partial charge in [0.15, 0.2) is 0 Å². The molecule has 2 saturated heterocycles. The molecule has 3 heterocycles. The van der Waals surface area contributed by atoms with E-state index in [0.29, 0.717) is 43.0 Å². The molecule has 2 aliphatic heterocycles. The van der Waals surface area contributed by atoms with Crippen LogP contribution in [0, 0.1) is 11.8 Å². The van der Waals surface area contributed by atoms with Crippen molar-refractivity contribution in [2.75, 3.05) is 31.1 Å². The molecule has 2 atom stereocenters. The quantitative estimate of drug-likeness (QED) is 0.639. The summed E-state index contributed by atoms with van der Waals surface area (Å²) in [5.74, 6) is 1.20. The van der Waals surface area contributed by atoms with Crippen molar-refractivity contribution in [3.63, 3.8) is 0 Å². The van der Waals surface area contributed by atoms with Gasteiger partial charge in [0.25, 0.3) is 5.56 Å². The molecule has 0 N–H and O–H groups in total. The Kier molecular flexibility index (Phi) is 4.63. The van der Waals surface area contributed by atoms with E-state index in [1.807, 2.05) is 48.5 Å². The van der Waals surface area contributed by atoms with Gasteiger partial charge in [-0.25, -0.2) is 17.7 Å². The summed E-state index contributed by atoms with van der Waals surface area (Å²) in [6.07, 6.45) is 0. The topological polar surface area (TPSA) is 75.5 Å². The van der Waals surface area contributed by atoms with Gasteiger partial charge in [0.05, 0.1) is 16.7 Å². The largest absolute Gasteiger partial charge is 0.341 e. The molecule has 7 nitrogen and oxygen atoms in total. The van der Waals surface area contributed by atoms with Crippen molar-refractivity contribution in [1.82, 2.24) is 13.9 Å². The first-order chi connectivity index (χ1) is 14.4. The molecule has 0 spiro atoms. The van der Waals surface area contributed by atoms with Crippen molar-refractivity contribution >= 4 is 26.9 Å². The fourth-order valence-electron chi connectivity index (χ4n) is 4.71. The summed E-state index contributed by atoms with van der Waals surface area (Å²) < 4.78 is 29.0. The fraction of sp³-hybridized carbons (Fsp3) is 0.364. The highest BCUT2D eigenvalue weighted by Crippen LogP contribution is 2.35. The van der Waals surface area contributed by atoms with Crippen molar-refractivity contribution in [2.24, 2.45) is 18.9 Å². The first-order valence-electron chi connectivity index (χ1n) is 10.1. The molecule has 156 valence electrons. The minimum Gasteiger partial charge on any atom is -0.341 e. The Balaban J connectivity index is 1.34. The van der Waals surface area contributed by atoms with Crippen LogP contribution >= 0.6 is 0 Å². The molecular weight excluding hydrogens is 400 g/mol. The maximum Gasteiger partial charge on any atom is 0.262 e. The van der Waals surface area contributed by atoms with Crippen LogP contribution in [0.15, 0.2) is 59.4 Å². The van der Waals surface area contributed by atoms with Gasteiger partial charge in [0.2, 0.25) is 16.0 Å². The third kappa shape index (κ3) is 3.30. The number of sulfonamides is 1. The number of aromatic nitrogens is 2. The van der Waals surface area contributed by atoms with Gasteiger partial charge >= 0.3 is 0 Å². The van der Waals surface area contributed by atoms with Gasteiger partial charge in [-0.2, -0.15) is 0 Å². The molecule has 5 rings (SSSR count). The zero-order valence-electron chi connectivity index (χ0n) is 16.8. The zero-order valence-corrected chi connectivity index (χ0v) is 17.6. The van der Waals surface area contributed by atoms with Gasteiger partial charge in [-0.15, -0.1) is 0 Å². The van der Waals surface area contributed by atoms with Gasteiger partial charge in [-0.05, 0) is 29.5 Å². The van der Waals surface area contributed by atoms with E-state index in [0.717, 1.165) is 5.56 Å². The normalized spacial score (nSPS) is 22.0. The first kappa shape index (κ1) is 19.3. The molecule has 2 aliphatic rings. The van der Waals surface area contributed by atoms with E-state index >= 15 is 0 Å². The Bertz CT molecular complexity index is 1240. The highest BCUT2D eigenvalue weighted by molar-refractivity contribution is 7.88. The summed E-state index contributed by atoms with van der Waals surface area (Å²) in [5, 5.41) is 0.612. The van der Waals surface area contributed by atoms with E-state index in [9.17, 15) is 13.2 Å². The lowest BCUT2D eigenvalue weighted by Gasteiger charge is -2.23. The lowest BCUT2D eigenvalue weighted by molar-refractivity contribution is 0.451. The second-order valence-corrected chi connectivity index (χ2v) is 10.2. The average Bonchev–Trinajstić information content (AvgIpc) is 3.31. The highest BCUT2D eigenvalue weighted by Gasteiger charge is 2.44. The number of anilines is 1. The van der Waals surface area contributed by atoms with Crippen LogP contribution in [0.2, 0.25) is 0 Å². The van der Waals surface area contributed by atoms with Crippen LogP contribution in [-0.4, -0.2) is 48.5 Å². The van der Waals surface area contributed by atoms with Crippen LogP contribution < -0.4 is 10.5 Å². The predicted octanol–water partition coefficient (Wildman–Crippen LogP) is 1.83. The maximum absolute atomic E-state index is 12.9. The molecule has 0 radical (unpaired) electrons. The molecule has 2 unspecified atom stereocenters. The molecule has 0 saturated carbocycles.